The molecule has 3 heteroatoms. The summed E-state index contributed by atoms with van der Waals surface area (Å²) in [6, 6.07) is 11.2. The summed E-state index contributed by atoms with van der Waals surface area (Å²) in [7, 11) is 1.92. The molecular formula is C16H17BrFN. The van der Waals surface area contributed by atoms with Crippen LogP contribution in [0.15, 0.2) is 40.9 Å². The van der Waals surface area contributed by atoms with E-state index in [1.54, 1.807) is 6.07 Å². The highest BCUT2D eigenvalue weighted by Gasteiger charge is 2.17. The molecule has 2 aromatic carbocycles. The van der Waals surface area contributed by atoms with Crippen LogP contribution in [0.4, 0.5) is 4.39 Å². The van der Waals surface area contributed by atoms with E-state index in [0.717, 1.165) is 21.2 Å². The molecule has 19 heavy (non-hydrogen) atoms. The van der Waals surface area contributed by atoms with E-state index < -0.39 is 0 Å². The SMILES string of the molecule is CNC(c1ccc(F)cc1C)c1cc(C)ccc1Br. The van der Waals surface area contributed by atoms with Crippen molar-refractivity contribution in [2.24, 2.45) is 0 Å². The van der Waals surface area contributed by atoms with Crippen LogP contribution in [0.2, 0.25) is 0 Å². The van der Waals surface area contributed by atoms with Crippen LogP contribution in [0.1, 0.15) is 28.3 Å². The molecule has 0 radical (unpaired) electrons. The van der Waals surface area contributed by atoms with Gasteiger partial charge in [-0.15, -0.1) is 0 Å². The van der Waals surface area contributed by atoms with Gasteiger partial charge in [-0.05, 0) is 55.8 Å². The lowest BCUT2D eigenvalue weighted by Crippen LogP contribution is -2.19. The maximum atomic E-state index is 13.2. The smallest absolute Gasteiger partial charge is 0.123 e. The zero-order valence-corrected chi connectivity index (χ0v) is 12.9. The maximum absolute atomic E-state index is 13.2. The summed E-state index contributed by atoms with van der Waals surface area (Å²) in [5, 5.41) is 3.31. The third kappa shape index (κ3) is 3.04. The molecule has 1 nitrogen and oxygen atoms in total. The first-order chi connectivity index (χ1) is 9.02. The van der Waals surface area contributed by atoms with E-state index in [4.69, 9.17) is 0 Å². The molecule has 0 fully saturated rings. The molecule has 0 aliphatic carbocycles. The van der Waals surface area contributed by atoms with Gasteiger partial charge in [0.1, 0.15) is 5.82 Å². The van der Waals surface area contributed by atoms with Gasteiger partial charge in [-0.25, -0.2) is 4.39 Å². The molecule has 0 aromatic heterocycles. The topological polar surface area (TPSA) is 12.0 Å². The van der Waals surface area contributed by atoms with Crippen LogP contribution in [0.25, 0.3) is 0 Å². The van der Waals surface area contributed by atoms with Crippen LogP contribution in [-0.2, 0) is 0 Å². The molecular weight excluding hydrogens is 305 g/mol. The molecule has 1 unspecified atom stereocenters. The summed E-state index contributed by atoms with van der Waals surface area (Å²) in [6.45, 7) is 4.01. The van der Waals surface area contributed by atoms with Crippen molar-refractivity contribution in [1.29, 1.82) is 0 Å². The normalized spacial score (nSPS) is 12.5. The van der Waals surface area contributed by atoms with Gasteiger partial charge >= 0.3 is 0 Å². The minimum atomic E-state index is -0.195. The van der Waals surface area contributed by atoms with Crippen LogP contribution in [0.5, 0.6) is 0 Å². The number of halogens is 2. The number of aryl methyl sites for hydroxylation is 2. The Morgan fingerprint density at radius 1 is 1.05 bits per heavy atom. The first-order valence-corrected chi connectivity index (χ1v) is 7.01. The lowest BCUT2D eigenvalue weighted by Gasteiger charge is -2.21. The van der Waals surface area contributed by atoms with E-state index in [2.05, 4.69) is 40.3 Å². The van der Waals surface area contributed by atoms with Crippen molar-refractivity contribution in [2.75, 3.05) is 7.05 Å². The Bertz CT molecular complexity index is 595. The van der Waals surface area contributed by atoms with E-state index in [0.29, 0.717) is 0 Å². The highest BCUT2D eigenvalue weighted by molar-refractivity contribution is 9.10. The molecule has 0 aliphatic rings. The molecule has 0 aliphatic heterocycles. The molecule has 0 spiro atoms. The highest BCUT2D eigenvalue weighted by atomic mass is 79.9. The third-order valence-corrected chi connectivity index (χ3v) is 4.02. The Balaban J connectivity index is 2.52. The molecule has 0 saturated carbocycles. The van der Waals surface area contributed by atoms with Crippen molar-refractivity contribution in [3.63, 3.8) is 0 Å². The van der Waals surface area contributed by atoms with Gasteiger partial charge in [0, 0.05) is 4.47 Å². The first kappa shape index (κ1) is 14.2. The van der Waals surface area contributed by atoms with Crippen molar-refractivity contribution in [2.45, 2.75) is 19.9 Å². The zero-order chi connectivity index (χ0) is 14.0. The molecule has 100 valence electrons. The summed E-state index contributed by atoms with van der Waals surface area (Å²) >= 11 is 3.59. The Labute approximate surface area is 122 Å². The minimum Gasteiger partial charge on any atom is -0.309 e. The minimum absolute atomic E-state index is 0.0508. The molecule has 0 saturated heterocycles. The fourth-order valence-corrected chi connectivity index (χ4v) is 2.80. The number of rotatable bonds is 3. The predicted molar refractivity (Wildman–Crippen MR) is 80.9 cm³/mol. The van der Waals surface area contributed by atoms with Crippen molar-refractivity contribution in [3.8, 4) is 0 Å². The zero-order valence-electron chi connectivity index (χ0n) is 11.3. The summed E-state index contributed by atoms with van der Waals surface area (Å²) in [5.74, 6) is -0.195. The van der Waals surface area contributed by atoms with Crippen LogP contribution >= 0.6 is 15.9 Å². The average molecular weight is 322 g/mol. The molecule has 2 rings (SSSR count). The number of hydrogen-bond donors (Lipinski definition) is 1. The average Bonchev–Trinajstić information content (AvgIpc) is 2.36. The summed E-state index contributed by atoms with van der Waals surface area (Å²) in [5.41, 5.74) is 4.42. The van der Waals surface area contributed by atoms with Crippen molar-refractivity contribution in [3.05, 3.63) is 68.9 Å². The Morgan fingerprint density at radius 2 is 1.79 bits per heavy atom. The molecule has 0 amide bonds. The van der Waals surface area contributed by atoms with Gasteiger partial charge in [-0.3, -0.25) is 0 Å². The van der Waals surface area contributed by atoms with E-state index in [1.165, 1.54) is 11.6 Å². The van der Waals surface area contributed by atoms with E-state index >= 15 is 0 Å². The van der Waals surface area contributed by atoms with Gasteiger partial charge in [0.25, 0.3) is 0 Å². The lowest BCUT2D eigenvalue weighted by molar-refractivity contribution is 0.621. The fourth-order valence-electron chi connectivity index (χ4n) is 2.33. The number of nitrogens with one attached hydrogen (secondary N) is 1. The van der Waals surface area contributed by atoms with E-state index in [-0.39, 0.29) is 11.9 Å². The monoisotopic (exact) mass is 321 g/mol. The molecule has 0 bridgehead atoms. The van der Waals surface area contributed by atoms with Crippen molar-refractivity contribution in [1.82, 2.24) is 5.32 Å². The standard InChI is InChI=1S/C16H17BrFN/c1-10-4-7-15(17)14(8-10)16(19-3)13-6-5-12(18)9-11(13)2/h4-9,16,19H,1-3H3. The van der Waals surface area contributed by atoms with Crippen molar-refractivity contribution >= 4 is 15.9 Å². The first-order valence-electron chi connectivity index (χ1n) is 6.22. The van der Waals surface area contributed by atoms with Gasteiger partial charge in [0.05, 0.1) is 6.04 Å². The molecule has 0 heterocycles. The third-order valence-electron chi connectivity index (χ3n) is 3.29. The van der Waals surface area contributed by atoms with Crippen LogP contribution in [0, 0.1) is 19.7 Å². The van der Waals surface area contributed by atoms with Gasteiger partial charge in [0.2, 0.25) is 0 Å². The van der Waals surface area contributed by atoms with E-state index in [9.17, 15) is 4.39 Å². The fraction of sp³-hybridized carbons (Fsp3) is 0.250. The summed E-state index contributed by atoms with van der Waals surface area (Å²) in [6.07, 6.45) is 0. The maximum Gasteiger partial charge on any atom is 0.123 e. The van der Waals surface area contributed by atoms with E-state index in [1.807, 2.05) is 26.1 Å². The second kappa shape index (κ2) is 5.85. The Morgan fingerprint density at radius 3 is 2.42 bits per heavy atom. The molecule has 1 atom stereocenters. The largest absolute Gasteiger partial charge is 0.309 e. The Hall–Kier alpha value is -1.19. The van der Waals surface area contributed by atoms with Gasteiger partial charge in [0.15, 0.2) is 0 Å². The van der Waals surface area contributed by atoms with Gasteiger partial charge in [-0.1, -0.05) is 39.7 Å². The van der Waals surface area contributed by atoms with Crippen LogP contribution < -0.4 is 5.32 Å². The predicted octanol–water partition coefficient (Wildman–Crippen LogP) is 4.51. The highest BCUT2D eigenvalue weighted by Crippen LogP contribution is 2.31. The number of hydrogen-bond acceptors (Lipinski definition) is 1. The second-order valence-electron chi connectivity index (χ2n) is 4.75. The summed E-state index contributed by atoms with van der Waals surface area (Å²) < 4.78 is 14.3. The second-order valence-corrected chi connectivity index (χ2v) is 5.60. The molecule has 1 N–H and O–H groups in total. The van der Waals surface area contributed by atoms with Crippen molar-refractivity contribution < 1.29 is 4.39 Å². The quantitative estimate of drug-likeness (QED) is 0.876. The Kier molecular flexibility index (Phi) is 4.38. The number of benzene rings is 2. The summed E-state index contributed by atoms with van der Waals surface area (Å²) in [4.78, 5) is 0. The van der Waals surface area contributed by atoms with Gasteiger partial charge < -0.3 is 5.32 Å². The molecule has 2 aromatic rings. The van der Waals surface area contributed by atoms with Crippen LogP contribution in [-0.4, -0.2) is 7.05 Å². The van der Waals surface area contributed by atoms with Gasteiger partial charge in [-0.2, -0.15) is 0 Å². The lowest BCUT2D eigenvalue weighted by atomic mass is 9.94. The van der Waals surface area contributed by atoms with Crippen LogP contribution in [0.3, 0.4) is 0 Å².